The fraction of sp³-hybridized carbons (Fsp3) is 0. The summed E-state index contributed by atoms with van der Waals surface area (Å²) in [5.41, 5.74) is 0. The van der Waals surface area contributed by atoms with Crippen molar-refractivity contribution in [1.29, 1.82) is 0 Å². The third-order valence-electron chi connectivity index (χ3n) is 3.06. The molecule has 0 aliphatic heterocycles. The molecule has 0 bridgehead atoms. The molecule has 0 aliphatic carbocycles. The average Bonchev–Trinajstić information content (AvgIpc) is 3.27. The van der Waals surface area contributed by atoms with Gasteiger partial charge in [0.2, 0.25) is 15.7 Å². The molecule has 3 rings (SSSR count). The highest BCUT2D eigenvalue weighted by Crippen LogP contribution is 2.29. The minimum absolute atomic E-state index is 0.00521. The largest absolute Gasteiger partial charge is 0.504 e. The number of aromatic nitrogens is 4. The zero-order chi connectivity index (χ0) is 18.0. The Balaban J connectivity index is 1.88. The van der Waals surface area contributed by atoms with Crippen molar-refractivity contribution in [2.24, 2.45) is 0 Å². The van der Waals surface area contributed by atoms with Crippen LogP contribution in [0.25, 0.3) is 5.76 Å². The zero-order valence-corrected chi connectivity index (χ0v) is 14.6. The van der Waals surface area contributed by atoms with Crippen LogP contribution in [0.5, 0.6) is 0 Å². The molecule has 11 heteroatoms. The number of halogens is 1. The first-order valence-corrected chi connectivity index (χ1v) is 9.35. The van der Waals surface area contributed by atoms with E-state index in [2.05, 4.69) is 20.6 Å². The average molecular weight is 397 g/mol. The summed E-state index contributed by atoms with van der Waals surface area (Å²) in [7, 11) is -3.76. The highest BCUT2D eigenvalue weighted by molar-refractivity contribution is 7.93. The molecule has 2 N–H and O–H groups in total. The first-order chi connectivity index (χ1) is 11.9. The van der Waals surface area contributed by atoms with Crippen molar-refractivity contribution in [2.45, 2.75) is 9.10 Å². The summed E-state index contributed by atoms with van der Waals surface area (Å²) in [6.45, 7) is 0. The lowest BCUT2D eigenvalue weighted by molar-refractivity contribution is 0.104. The summed E-state index contributed by atoms with van der Waals surface area (Å²) in [6.07, 6.45) is 0.898. The SMILES string of the molecule is O=C(C=C(O)c1nn[nH]n1)c1ccc(S(=O)(=O)c2ccc(Cl)cc2)s1. The van der Waals surface area contributed by atoms with Gasteiger partial charge in [-0.15, -0.1) is 21.5 Å². The standard InChI is InChI=1S/C14H9ClN4O4S2/c15-8-1-3-9(4-2-8)25(22,23)13-6-5-12(24-13)10(20)7-11(21)14-16-18-19-17-14/h1-7,21H,(H,16,17,18,19). The van der Waals surface area contributed by atoms with Crippen LogP contribution in [0.3, 0.4) is 0 Å². The summed E-state index contributed by atoms with van der Waals surface area (Å²) < 4.78 is 25.1. The van der Waals surface area contributed by atoms with Crippen LogP contribution in [-0.4, -0.2) is 39.9 Å². The number of aliphatic hydroxyl groups excluding tert-OH is 1. The molecule has 0 aliphatic rings. The summed E-state index contributed by atoms with van der Waals surface area (Å²) >= 11 is 6.56. The van der Waals surface area contributed by atoms with Gasteiger partial charge >= 0.3 is 0 Å². The molecule has 0 saturated carbocycles. The van der Waals surface area contributed by atoms with Crippen molar-refractivity contribution in [3.63, 3.8) is 0 Å². The predicted octanol–water partition coefficient (Wildman–Crippen LogP) is 2.53. The Labute approximate surface area is 150 Å². The third kappa shape index (κ3) is 3.60. The van der Waals surface area contributed by atoms with Crippen molar-refractivity contribution in [2.75, 3.05) is 0 Å². The molecule has 2 aromatic heterocycles. The van der Waals surface area contributed by atoms with Crippen molar-refractivity contribution in [1.82, 2.24) is 20.6 Å². The first-order valence-electron chi connectivity index (χ1n) is 6.67. The minimum Gasteiger partial charge on any atom is -0.504 e. The smallest absolute Gasteiger partial charge is 0.239 e. The number of nitrogens with zero attached hydrogens (tertiary/aromatic N) is 3. The van der Waals surface area contributed by atoms with Crippen LogP contribution in [0, 0.1) is 0 Å². The number of aromatic amines is 1. The highest BCUT2D eigenvalue weighted by atomic mass is 35.5. The van der Waals surface area contributed by atoms with E-state index in [4.69, 9.17) is 11.6 Å². The maximum atomic E-state index is 12.5. The number of benzene rings is 1. The van der Waals surface area contributed by atoms with E-state index in [0.29, 0.717) is 5.02 Å². The molecule has 128 valence electrons. The summed E-state index contributed by atoms with van der Waals surface area (Å²) in [5, 5.41) is 22.6. The maximum absolute atomic E-state index is 12.5. The molecule has 0 spiro atoms. The van der Waals surface area contributed by atoms with Crippen LogP contribution in [0.1, 0.15) is 15.5 Å². The second-order valence-corrected chi connectivity index (χ2v) is 8.40. The first kappa shape index (κ1) is 17.3. The van der Waals surface area contributed by atoms with E-state index in [1.54, 1.807) is 0 Å². The Hall–Kier alpha value is -2.56. The topological polar surface area (TPSA) is 126 Å². The third-order valence-corrected chi connectivity index (χ3v) is 6.67. The fourth-order valence-corrected chi connectivity index (χ4v) is 4.60. The lowest BCUT2D eigenvalue weighted by atomic mass is 10.3. The Kier molecular flexibility index (Phi) is 4.66. The Morgan fingerprint density at radius 2 is 1.92 bits per heavy atom. The number of carbonyl (C=O) groups excluding carboxylic acids is 1. The van der Waals surface area contributed by atoms with Crippen molar-refractivity contribution < 1.29 is 18.3 Å². The lowest BCUT2D eigenvalue weighted by Crippen LogP contribution is -1.99. The van der Waals surface area contributed by atoms with Crippen LogP contribution in [0.2, 0.25) is 5.02 Å². The number of hydrogen-bond acceptors (Lipinski definition) is 8. The van der Waals surface area contributed by atoms with Crippen LogP contribution >= 0.6 is 22.9 Å². The molecule has 0 atom stereocenters. The molecule has 0 radical (unpaired) electrons. The monoisotopic (exact) mass is 396 g/mol. The van der Waals surface area contributed by atoms with Gasteiger partial charge in [-0.1, -0.05) is 11.6 Å². The Morgan fingerprint density at radius 1 is 1.20 bits per heavy atom. The van der Waals surface area contributed by atoms with E-state index in [9.17, 15) is 18.3 Å². The Morgan fingerprint density at radius 3 is 2.56 bits per heavy atom. The predicted molar refractivity (Wildman–Crippen MR) is 90.3 cm³/mol. The van der Waals surface area contributed by atoms with E-state index < -0.39 is 21.4 Å². The van der Waals surface area contributed by atoms with Gasteiger partial charge in [0.25, 0.3) is 0 Å². The number of sulfone groups is 1. The number of thiophene rings is 1. The van der Waals surface area contributed by atoms with Gasteiger partial charge in [-0.3, -0.25) is 4.79 Å². The van der Waals surface area contributed by atoms with Gasteiger partial charge in [0.1, 0.15) is 4.21 Å². The number of aliphatic hydroxyl groups is 1. The highest BCUT2D eigenvalue weighted by Gasteiger charge is 2.21. The molecular weight excluding hydrogens is 388 g/mol. The van der Waals surface area contributed by atoms with Crippen molar-refractivity contribution in [3.8, 4) is 0 Å². The van der Waals surface area contributed by atoms with Gasteiger partial charge in [-0.2, -0.15) is 5.21 Å². The second kappa shape index (κ2) is 6.75. The number of hydrogen-bond donors (Lipinski definition) is 2. The van der Waals surface area contributed by atoms with Crippen LogP contribution < -0.4 is 0 Å². The van der Waals surface area contributed by atoms with E-state index in [0.717, 1.165) is 17.4 Å². The molecule has 25 heavy (non-hydrogen) atoms. The van der Waals surface area contributed by atoms with E-state index in [1.807, 2.05) is 0 Å². The molecule has 1 aromatic carbocycles. The second-order valence-electron chi connectivity index (χ2n) is 4.71. The van der Waals surface area contributed by atoms with E-state index >= 15 is 0 Å². The molecule has 8 nitrogen and oxygen atoms in total. The van der Waals surface area contributed by atoms with Gasteiger partial charge in [-0.25, -0.2) is 8.42 Å². The minimum atomic E-state index is -3.76. The van der Waals surface area contributed by atoms with Crippen LogP contribution in [0.15, 0.2) is 51.6 Å². The normalized spacial score (nSPS) is 12.3. The number of tetrazole rings is 1. The number of nitrogens with one attached hydrogen (secondary N) is 1. The van der Waals surface area contributed by atoms with Crippen LogP contribution in [-0.2, 0) is 9.84 Å². The number of rotatable bonds is 5. The summed E-state index contributed by atoms with van der Waals surface area (Å²) in [5.74, 6) is -1.20. The van der Waals surface area contributed by atoms with E-state index in [1.165, 1.54) is 36.4 Å². The van der Waals surface area contributed by atoms with Crippen molar-refractivity contribution in [3.05, 3.63) is 58.2 Å². The molecular formula is C14H9ClN4O4S2. The van der Waals surface area contributed by atoms with Gasteiger partial charge in [0.05, 0.1) is 9.77 Å². The number of allylic oxidation sites excluding steroid dienone is 1. The molecule has 0 amide bonds. The summed E-state index contributed by atoms with van der Waals surface area (Å²) in [4.78, 5) is 12.4. The molecule has 0 saturated heterocycles. The zero-order valence-electron chi connectivity index (χ0n) is 12.2. The molecule has 2 heterocycles. The van der Waals surface area contributed by atoms with Gasteiger partial charge in [0.15, 0.2) is 11.5 Å². The molecule has 0 fully saturated rings. The van der Waals surface area contributed by atoms with Gasteiger partial charge < -0.3 is 5.11 Å². The number of carbonyl (C=O) groups is 1. The quantitative estimate of drug-likeness (QED) is 0.385. The number of ketones is 1. The van der Waals surface area contributed by atoms with E-state index in [-0.39, 0.29) is 19.8 Å². The van der Waals surface area contributed by atoms with Gasteiger partial charge in [0, 0.05) is 11.1 Å². The van der Waals surface area contributed by atoms with Crippen LogP contribution in [0.4, 0.5) is 0 Å². The number of H-pyrrole nitrogens is 1. The lowest BCUT2D eigenvalue weighted by Gasteiger charge is -2.01. The maximum Gasteiger partial charge on any atom is 0.239 e. The fourth-order valence-electron chi connectivity index (χ4n) is 1.86. The van der Waals surface area contributed by atoms with Crippen molar-refractivity contribution >= 4 is 44.3 Å². The summed E-state index contributed by atoms with van der Waals surface area (Å²) in [6, 6.07) is 8.43. The molecule has 0 unspecified atom stereocenters. The Bertz CT molecular complexity index is 1040. The molecule has 3 aromatic rings. The van der Waals surface area contributed by atoms with Gasteiger partial charge in [-0.05, 0) is 41.6 Å².